The molecule has 1 heterocycles. The van der Waals surface area contributed by atoms with E-state index >= 15 is 0 Å². The lowest BCUT2D eigenvalue weighted by Gasteiger charge is -2.28. The zero-order valence-corrected chi connectivity index (χ0v) is 50.3. The molecule has 0 saturated heterocycles. The molecule has 0 aliphatic heterocycles. The number of benzene rings is 1. The van der Waals surface area contributed by atoms with Gasteiger partial charge < -0.3 is 97.9 Å². The highest BCUT2D eigenvalue weighted by atomic mass is 16.4. The van der Waals surface area contributed by atoms with E-state index < -0.39 is 126 Å². The summed E-state index contributed by atoms with van der Waals surface area (Å²) < 4.78 is 0. The number of nitrogens with two attached hydrogens (primary N) is 7. The first kappa shape index (κ1) is 73.3. The quantitative estimate of drug-likeness (QED) is 0.0182. The van der Waals surface area contributed by atoms with E-state index in [0.717, 1.165) is 0 Å². The number of aromatic amines is 1. The molecule has 31 heteroatoms. The number of carboxylic acids is 2. The molecule has 0 bridgehead atoms. The second kappa shape index (κ2) is 37.5. The first-order valence-corrected chi connectivity index (χ1v) is 28.7. The van der Waals surface area contributed by atoms with Crippen molar-refractivity contribution in [2.75, 3.05) is 19.6 Å². The van der Waals surface area contributed by atoms with Crippen molar-refractivity contribution in [2.45, 2.75) is 180 Å². The van der Waals surface area contributed by atoms with Gasteiger partial charge in [-0.15, -0.1) is 0 Å². The van der Waals surface area contributed by atoms with Crippen molar-refractivity contribution < 1.29 is 58.2 Å². The highest BCUT2D eigenvalue weighted by Gasteiger charge is 2.35. The number of nitrogens with one attached hydrogen (secondary N) is 9. The normalized spacial score (nSPS) is 14.3. The molecule has 0 spiro atoms. The number of guanidine groups is 3. The Kier molecular flexibility index (Phi) is 32.0. The molecular formula is C55H93N19O12. The molecule has 2 aromatic rings. The standard InChI is InChI=1S/C55H93N19O12/c1-28(2)23-39(72-45(78)34(56)14-10-20-63-53(57)58)49(82)68-36(16-11-21-64-54(59)60)46(79)67-31(7)44(77)71-41(26-32-27-66-35-15-9-8-13-33(32)35)51(84)73-40(24-29(3)4)50(83)69-37(17-12-22-65-55(61)62)47(80)70-38(18-19-43(75)76)48(81)74-42(52(85)86)25-30(5)6/h8-9,13,15,27-31,34,36-42,66H,10-12,14,16-26,56H2,1-7H3,(H,67,79)(H,68,82)(H,69,83)(H,70,80)(H,71,77)(H,72,78)(H,73,84)(H,74,81)(H,75,76)(H,85,86)(H4,57,58,63)(H4,59,60,64)(H4,61,62,65)/t31-,34-,36-,37-,38-,39-,40-,41-,42-/m0/s1. The number of nitrogens with zero attached hydrogens (tertiary/aromatic N) is 3. The maximum atomic E-state index is 14.7. The van der Waals surface area contributed by atoms with Gasteiger partial charge in [0.15, 0.2) is 17.9 Å². The van der Waals surface area contributed by atoms with Gasteiger partial charge >= 0.3 is 11.9 Å². The smallest absolute Gasteiger partial charge is 0.326 e. The van der Waals surface area contributed by atoms with E-state index in [1.807, 2.05) is 13.8 Å². The average molecular weight is 1210 g/mol. The molecule has 0 aliphatic carbocycles. The van der Waals surface area contributed by atoms with E-state index in [4.69, 9.17) is 40.1 Å². The van der Waals surface area contributed by atoms with Gasteiger partial charge in [-0.25, -0.2) is 4.79 Å². The van der Waals surface area contributed by atoms with Crippen molar-refractivity contribution >= 4 is 88.0 Å². The molecule has 480 valence electrons. The van der Waals surface area contributed by atoms with E-state index in [0.29, 0.717) is 22.9 Å². The molecule has 9 atom stereocenters. The van der Waals surface area contributed by atoms with Crippen molar-refractivity contribution in [3.8, 4) is 0 Å². The van der Waals surface area contributed by atoms with E-state index in [2.05, 4.69) is 62.5 Å². The number of aliphatic imine (C=N–C) groups is 3. The lowest BCUT2D eigenvalue weighted by molar-refractivity contribution is -0.143. The van der Waals surface area contributed by atoms with Crippen LogP contribution in [0.25, 0.3) is 10.9 Å². The molecule has 2 rings (SSSR count). The number of carbonyl (C=O) groups is 10. The predicted octanol–water partition coefficient (Wildman–Crippen LogP) is -2.82. The van der Waals surface area contributed by atoms with E-state index in [1.165, 1.54) is 6.92 Å². The van der Waals surface area contributed by atoms with Crippen LogP contribution in [0.2, 0.25) is 0 Å². The Morgan fingerprint density at radius 3 is 1.29 bits per heavy atom. The van der Waals surface area contributed by atoms with Crippen LogP contribution < -0.4 is 82.7 Å². The van der Waals surface area contributed by atoms with Gasteiger partial charge in [0.05, 0.1) is 6.04 Å². The van der Waals surface area contributed by atoms with Crippen LogP contribution in [0.1, 0.15) is 125 Å². The number of H-pyrrole nitrogens is 1. The molecular weight excluding hydrogens is 1120 g/mol. The minimum Gasteiger partial charge on any atom is -0.481 e. The molecule has 31 nitrogen and oxygen atoms in total. The molecule has 25 N–H and O–H groups in total. The van der Waals surface area contributed by atoms with Crippen molar-refractivity contribution in [1.82, 2.24) is 47.5 Å². The fourth-order valence-corrected chi connectivity index (χ4v) is 8.88. The number of aromatic nitrogens is 1. The lowest BCUT2D eigenvalue weighted by Crippen LogP contribution is -2.60. The molecule has 0 radical (unpaired) electrons. The minimum atomic E-state index is -1.57. The fraction of sp³-hybridized carbons (Fsp3) is 0.618. The molecule has 0 aliphatic rings. The van der Waals surface area contributed by atoms with Crippen LogP contribution in [0, 0.1) is 17.8 Å². The summed E-state index contributed by atoms with van der Waals surface area (Å²) in [5.41, 5.74) is 40.3. The van der Waals surface area contributed by atoms with Gasteiger partial charge in [0.1, 0.15) is 48.3 Å². The molecule has 0 unspecified atom stereocenters. The Hall–Kier alpha value is -8.77. The predicted molar refractivity (Wildman–Crippen MR) is 324 cm³/mol. The number of carboxylic acid groups (broad SMARTS) is 2. The Bertz CT molecular complexity index is 2680. The van der Waals surface area contributed by atoms with Crippen LogP contribution in [0.4, 0.5) is 0 Å². The third-order valence-corrected chi connectivity index (χ3v) is 13.2. The van der Waals surface area contributed by atoms with Crippen molar-refractivity contribution in [3.05, 3.63) is 36.0 Å². The Labute approximate surface area is 500 Å². The maximum Gasteiger partial charge on any atom is 0.326 e. The van der Waals surface area contributed by atoms with Crippen LogP contribution in [-0.2, 0) is 54.4 Å². The lowest BCUT2D eigenvalue weighted by atomic mass is 9.99. The summed E-state index contributed by atoms with van der Waals surface area (Å²) in [6.07, 6.45) is 1.26. The van der Waals surface area contributed by atoms with Gasteiger partial charge in [-0.1, -0.05) is 59.7 Å². The molecule has 0 saturated carbocycles. The summed E-state index contributed by atoms with van der Waals surface area (Å²) in [5.74, 6) is -10.5. The van der Waals surface area contributed by atoms with Gasteiger partial charge in [-0.05, 0) is 101 Å². The molecule has 8 amide bonds. The Morgan fingerprint density at radius 1 is 0.465 bits per heavy atom. The van der Waals surface area contributed by atoms with Crippen LogP contribution in [0.5, 0.6) is 0 Å². The number of para-hydroxylation sites is 1. The number of rotatable bonds is 40. The van der Waals surface area contributed by atoms with Gasteiger partial charge in [0.25, 0.3) is 0 Å². The van der Waals surface area contributed by atoms with Gasteiger partial charge in [-0.3, -0.25) is 58.1 Å². The molecule has 0 fully saturated rings. The highest BCUT2D eigenvalue weighted by molar-refractivity contribution is 5.98. The van der Waals surface area contributed by atoms with Crippen molar-refractivity contribution in [3.63, 3.8) is 0 Å². The van der Waals surface area contributed by atoms with Crippen molar-refractivity contribution in [1.29, 1.82) is 0 Å². The first-order chi connectivity index (χ1) is 40.4. The second-order valence-corrected chi connectivity index (χ2v) is 22.3. The first-order valence-electron chi connectivity index (χ1n) is 28.7. The van der Waals surface area contributed by atoms with Crippen LogP contribution in [-0.4, -0.2) is 166 Å². The summed E-state index contributed by atoms with van der Waals surface area (Å²) in [6, 6.07) is -4.89. The Balaban J connectivity index is 2.54. The highest BCUT2D eigenvalue weighted by Crippen LogP contribution is 2.20. The van der Waals surface area contributed by atoms with E-state index in [9.17, 15) is 58.2 Å². The largest absolute Gasteiger partial charge is 0.481 e. The molecule has 86 heavy (non-hydrogen) atoms. The van der Waals surface area contributed by atoms with Crippen LogP contribution in [0.15, 0.2) is 45.4 Å². The fourth-order valence-electron chi connectivity index (χ4n) is 8.88. The van der Waals surface area contributed by atoms with Gasteiger partial charge in [-0.2, -0.15) is 0 Å². The summed E-state index contributed by atoms with van der Waals surface area (Å²) in [7, 11) is 0. The molecule has 1 aromatic carbocycles. The number of hydrogen-bond donors (Lipinski definition) is 18. The molecule has 1 aromatic heterocycles. The third-order valence-electron chi connectivity index (χ3n) is 13.2. The zero-order valence-electron chi connectivity index (χ0n) is 50.3. The van der Waals surface area contributed by atoms with Crippen LogP contribution in [0.3, 0.4) is 0 Å². The van der Waals surface area contributed by atoms with E-state index in [-0.39, 0.29) is 113 Å². The summed E-state index contributed by atoms with van der Waals surface area (Å²) in [5, 5.41) is 40.9. The number of amides is 8. The SMILES string of the molecule is CC(C)C[C@H](NC(=O)[C@H](CCC(=O)O)NC(=O)[C@H](CCCN=C(N)N)NC(=O)[C@H](CC(C)C)NC(=O)[C@H](Cc1c[nH]c2ccccc12)NC(=O)[C@H](C)NC(=O)[C@H](CCCN=C(N)N)NC(=O)[C@H](CC(C)C)NC(=O)[C@@H](N)CCCN=C(N)N)C(=O)O. The van der Waals surface area contributed by atoms with Gasteiger partial charge in [0, 0.05) is 49.6 Å². The number of hydrogen-bond acceptors (Lipinski definition) is 14. The minimum absolute atomic E-state index is 0.00549. The topological polar surface area (TPSA) is 542 Å². The second-order valence-electron chi connectivity index (χ2n) is 22.3. The zero-order chi connectivity index (χ0) is 64.8. The summed E-state index contributed by atoms with van der Waals surface area (Å²) in [4.78, 5) is 151. The number of carbonyl (C=O) groups excluding carboxylic acids is 8. The summed E-state index contributed by atoms with van der Waals surface area (Å²) >= 11 is 0. The number of aliphatic carboxylic acids is 2. The third kappa shape index (κ3) is 28.2. The monoisotopic (exact) mass is 1210 g/mol. The van der Waals surface area contributed by atoms with E-state index in [1.54, 1.807) is 58.2 Å². The summed E-state index contributed by atoms with van der Waals surface area (Å²) in [6.45, 7) is 12.3. The number of fused-ring (bicyclic) bond motifs is 1. The van der Waals surface area contributed by atoms with Crippen LogP contribution >= 0.6 is 0 Å². The van der Waals surface area contributed by atoms with Crippen molar-refractivity contribution in [2.24, 2.45) is 72.9 Å². The Morgan fingerprint density at radius 2 is 0.837 bits per heavy atom. The van der Waals surface area contributed by atoms with Gasteiger partial charge in [0.2, 0.25) is 47.3 Å². The average Bonchev–Trinajstić information content (AvgIpc) is 3.70. The maximum absolute atomic E-state index is 14.7.